The van der Waals surface area contributed by atoms with Gasteiger partial charge in [-0.25, -0.2) is 0 Å². The van der Waals surface area contributed by atoms with Gasteiger partial charge in [-0.3, -0.25) is 4.57 Å². The van der Waals surface area contributed by atoms with Gasteiger partial charge in [0.05, 0.1) is 0 Å². The first kappa shape index (κ1) is 42.8. The molecular weight excluding hydrogens is 554 g/mol. The topological polar surface area (TPSA) is 37.3 Å². The first-order chi connectivity index (χ1) is 19.1. The Morgan fingerprint density at radius 1 is 0.325 bits per heavy atom. The van der Waals surface area contributed by atoms with Crippen LogP contribution in [0.2, 0.25) is 0 Å². The van der Waals surface area contributed by atoms with Crippen LogP contribution in [-0.2, 0) is 21.1 Å². The van der Waals surface area contributed by atoms with Gasteiger partial charge < -0.3 is 4.89 Å². The van der Waals surface area contributed by atoms with Crippen LogP contribution in [0.25, 0.3) is 0 Å². The smallest absolute Gasteiger partial charge is 0.200 e. The van der Waals surface area contributed by atoms with E-state index in [4.69, 9.17) is 0 Å². The van der Waals surface area contributed by atoms with Gasteiger partial charge in [-0.1, -0.05) is 206 Å². The second-order valence-corrected chi connectivity index (χ2v) is 15.5. The fraction of sp³-hybridized carbons (Fsp3) is 1.00. The maximum atomic E-state index is 12.5. The van der Waals surface area contributed by atoms with Crippen molar-refractivity contribution in [3.63, 3.8) is 0 Å². The normalized spacial score (nSPS) is 11.7. The predicted octanol–water partition coefficient (Wildman–Crippen LogP) is 13.8. The minimum atomic E-state index is -2.87. The van der Waals surface area contributed by atoms with E-state index in [1.54, 1.807) is 0 Å². The van der Waals surface area contributed by atoms with Gasteiger partial charge in [0.2, 0.25) is 7.37 Å². The van der Waals surface area contributed by atoms with Crippen LogP contribution in [0.5, 0.6) is 0 Å². The maximum Gasteiger partial charge on any atom is 0.200 e. The second kappa shape index (κ2) is 35.9. The van der Waals surface area contributed by atoms with Gasteiger partial charge in [-0.2, -0.15) is 0 Å². The van der Waals surface area contributed by atoms with Crippen LogP contribution in [0.15, 0.2) is 0 Å². The van der Waals surface area contributed by atoms with E-state index in [1.807, 2.05) is 0 Å². The molecule has 0 heterocycles. The summed E-state index contributed by atoms with van der Waals surface area (Å²) in [6.07, 6.45) is 44.3. The third-order valence-corrected chi connectivity index (χ3v) is 10.8. The Bertz CT molecular complexity index is 459. The molecule has 0 fully saturated rings. The Morgan fingerprint density at radius 2 is 0.475 bits per heavy atom. The summed E-state index contributed by atoms with van der Waals surface area (Å²) in [6, 6.07) is 0. The molecule has 40 heavy (non-hydrogen) atoms. The summed E-state index contributed by atoms with van der Waals surface area (Å²) in [5.41, 5.74) is 0. The van der Waals surface area contributed by atoms with Crippen LogP contribution in [-0.4, -0.2) is 17.2 Å². The standard InChI is InChI=1S/C36H75O2P.Ni/c1-3-5-7-9-11-13-15-17-19-21-23-25-27-29-31-33-35-39(37,38)36-34-32-30-28-26-24-22-20-18-16-14-12-10-8-6-4-2;/h3-36H2,1-2H3,(H,37,38);. The SMILES string of the molecule is CCCCCCCCCCCCCCCCCCP(=O)(O)CCCCCCCCCCCCCCCCCC.[Ni]. The molecule has 0 amide bonds. The van der Waals surface area contributed by atoms with Crippen molar-refractivity contribution < 1.29 is 25.9 Å². The van der Waals surface area contributed by atoms with Crippen LogP contribution in [0.3, 0.4) is 0 Å². The number of hydrogen-bond donors (Lipinski definition) is 1. The van der Waals surface area contributed by atoms with Crippen LogP contribution < -0.4 is 0 Å². The van der Waals surface area contributed by atoms with Crippen LogP contribution in [0.4, 0.5) is 0 Å². The Hall–Kier alpha value is 0.684. The van der Waals surface area contributed by atoms with E-state index < -0.39 is 7.37 Å². The van der Waals surface area contributed by atoms with Crippen molar-refractivity contribution in [3.8, 4) is 0 Å². The monoisotopic (exact) mass is 628 g/mol. The van der Waals surface area contributed by atoms with Crippen LogP contribution in [0, 0.1) is 0 Å². The Morgan fingerprint density at radius 3 is 0.650 bits per heavy atom. The molecule has 0 aliphatic carbocycles. The van der Waals surface area contributed by atoms with Crippen LogP contribution in [0.1, 0.15) is 219 Å². The first-order valence-electron chi connectivity index (χ1n) is 18.4. The maximum absolute atomic E-state index is 12.5. The average Bonchev–Trinajstić information content (AvgIpc) is 2.92. The van der Waals surface area contributed by atoms with Gasteiger partial charge in [0.25, 0.3) is 0 Å². The van der Waals surface area contributed by atoms with Crippen molar-refractivity contribution in [1.82, 2.24) is 0 Å². The van der Waals surface area contributed by atoms with Crippen LogP contribution >= 0.6 is 7.37 Å². The van der Waals surface area contributed by atoms with Gasteiger partial charge in [-0.05, 0) is 12.8 Å². The molecule has 0 bridgehead atoms. The van der Waals surface area contributed by atoms with Crippen molar-refractivity contribution in [2.75, 3.05) is 12.3 Å². The van der Waals surface area contributed by atoms with Gasteiger partial charge in [0.15, 0.2) is 0 Å². The van der Waals surface area contributed by atoms with E-state index in [-0.39, 0.29) is 16.5 Å². The minimum absolute atomic E-state index is 0. The van der Waals surface area contributed by atoms with E-state index in [2.05, 4.69) is 13.8 Å². The predicted molar refractivity (Wildman–Crippen MR) is 179 cm³/mol. The first-order valence-corrected chi connectivity index (χ1v) is 20.5. The van der Waals surface area contributed by atoms with Gasteiger partial charge in [0, 0.05) is 28.8 Å². The summed E-state index contributed by atoms with van der Waals surface area (Å²) in [7, 11) is -2.87. The van der Waals surface area contributed by atoms with Crippen molar-refractivity contribution in [2.24, 2.45) is 0 Å². The van der Waals surface area contributed by atoms with E-state index >= 15 is 0 Å². The molecule has 0 saturated heterocycles. The molecule has 0 radical (unpaired) electrons. The molecule has 0 aliphatic heterocycles. The molecule has 2 nitrogen and oxygen atoms in total. The molecule has 4 heteroatoms. The molecule has 0 atom stereocenters. The summed E-state index contributed by atoms with van der Waals surface area (Å²) in [5, 5.41) is 0. The number of unbranched alkanes of at least 4 members (excludes halogenated alkanes) is 30. The molecule has 0 spiro atoms. The zero-order chi connectivity index (χ0) is 28.5. The Balaban J connectivity index is 0. The summed E-state index contributed by atoms with van der Waals surface area (Å²) >= 11 is 0. The molecule has 0 saturated carbocycles. The Labute approximate surface area is 264 Å². The molecular formula is C36H75NiO2P. The van der Waals surface area contributed by atoms with E-state index in [1.165, 1.54) is 180 Å². The van der Waals surface area contributed by atoms with Crippen molar-refractivity contribution in [1.29, 1.82) is 0 Å². The zero-order valence-electron chi connectivity index (χ0n) is 27.7. The molecule has 1 N–H and O–H groups in total. The molecule has 246 valence electrons. The summed E-state index contributed by atoms with van der Waals surface area (Å²) in [5.74, 6) is 0. The fourth-order valence-electron chi connectivity index (χ4n) is 5.93. The largest absolute Gasteiger partial charge is 0.344 e. The van der Waals surface area contributed by atoms with E-state index in [9.17, 15) is 9.46 Å². The zero-order valence-corrected chi connectivity index (χ0v) is 29.5. The van der Waals surface area contributed by atoms with Crippen molar-refractivity contribution in [3.05, 3.63) is 0 Å². The summed E-state index contributed by atoms with van der Waals surface area (Å²) < 4.78 is 12.5. The molecule has 0 rings (SSSR count). The fourth-order valence-corrected chi connectivity index (χ4v) is 7.58. The molecule has 0 aliphatic rings. The van der Waals surface area contributed by atoms with E-state index in [0.717, 1.165) is 25.7 Å². The minimum Gasteiger partial charge on any atom is -0.344 e. The number of hydrogen-bond acceptors (Lipinski definition) is 1. The molecule has 0 aromatic heterocycles. The Kier molecular flexibility index (Phi) is 38.4. The van der Waals surface area contributed by atoms with Crippen molar-refractivity contribution >= 4 is 7.37 Å². The third-order valence-electron chi connectivity index (χ3n) is 8.72. The molecule has 0 aromatic carbocycles. The molecule has 0 aromatic rings. The number of rotatable bonds is 34. The van der Waals surface area contributed by atoms with Gasteiger partial charge >= 0.3 is 0 Å². The summed E-state index contributed by atoms with van der Waals surface area (Å²) in [6.45, 7) is 4.58. The third kappa shape index (κ3) is 36.7. The van der Waals surface area contributed by atoms with Gasteiger partial charge in [0.1, 0.15) is 0 Å². The molecule has 0 unspecified atom stereocenters. The van der Waals surface area contributed by atoms with E-state index in [0.29, 0.717) is 12.3 Å². The second-order valence-electron chi connectivity index (χ2n) is 12.9. The summed E-state index contributed by atoms with van der Waals surface area (Å²) in [4.78, 5) is 10.3. The quantitative estimate of drug-likeness (QED) is 0.0437. The van der Waals surface area contributed by atoms with Gasteiger partial charge in [-0.15, -0.1) is 0 Å². The average molecular weight is 630 g/mol. The van der Waals surface area contributed by atoms with Crippen molar-refractivity contribution in [2.45, 2.75) is 219 Å².